The Bertz CT molecular complexity index is 740. The molecule has 1 aromatic carbocycles. The minimum atomic E-state index is -0.292. The average molecular weight is 302 g/mol. The molecule has 0 saturated carbocycles. The third-order valence-corrected chi connectivity index (χ3v) is 4.01. The first-order valence-electron chi connectivity index (χ1n) is 6.38. The van der Waals surface area contributed by atoms with Gasteiger partial charge in [-0.1, -0.05) is 11.8 Å². The molecule has 5 heteroatoms. The van der Waals surface area contributed by atoms with Crippen LogP contribution in [0.3, 0.4) is 0 Å². The number of aryl methyl sites for hydroxylation is 2. The van der Waals surface area contributed by atoms with Gasteiger partial charge in [-0.2, -0.15) is 0 Å². The van der Waals surface area contributed by atoms with Gasteiger partial charge >= 0.3 is 0 Å². The minimum Gasteiger partial charge on any atom is -0.321 e. The fourth-order valence-corrected chi connectivity index (χ4v) is 2.71. The number of halogens is 1. The maximum Gasteiger partial charge on any atom is 0.265 e. The number of nitrogens with one attached hydrogen (secondary N) is 1. The summed E-state index contributed by atoms with van der Waals surface area (Å²) in [4.78, 5) is 13.6. The number of carbonyl (C=O) groups excluding carboxylic acids is 1. The monoisotopic (exact) mass is 302 g/mol. The molecule has 21 heavy (non-hydrogen) atoms. The maximum atomic E-state index is 13.2. The van der Waals surface area contributed by atoms with E-state index in [0.717, 1.165) is 10.4 Å². The van der Waals surface area contributed by atoms with Crippen LogP contribution in [0.15, 0.2) is 24.3 Å². The van der Waals surface area contributed by atoms with E-state index in [2.05, 4.69) is 17.2 Å². The van der Waals surface area contributed by atoms with Crippen molar-refractivity contribution in [3.8, 4) is 11.8 Å². The Morgan fingerprint density at radius 1 is 1.33 bits per heavy atom. The lowest BCUT2D eigenvalue weighted by atomic mass is 10.2. The SMILES string of the molecule is Cc1cc(NC(=O)c2cc(C)c(C#CCN)s2)ccc1F. The molecular weight excluding hydrogens is 287 g/mol. The second-order valence-electron chi connectivity index (χ2n) is 4.55. The van der Waals surface area contributed by atoms with Crippen LogP contribution in [-0.2, 0) is 0 Å². The Balaban J connectivity index is 2.18. The van der Waals surface area contributed by atoms with Crippen molar-refractivity contribution in [2.45, 2.75) is 13.8 Å². The van der Waals surface area contributed by atoms with Gasteiger partial charge in [0.2, 0.25) is 0 Å². The Morgan fingerprint density at radius 3 is 2.76 bits per heavy atom. The largest absolute Gasteiger partial charge is 0.321 e. The standard InChI is InChI=1S/C16H15FN2OS/c1-10-8-12(5-6-13(10)17)19-16(20)15-9-11(2)14(21-15)4-3-7-18/h5-6,8-9H,7,18H2,1-2H3,(H,19,20). The van der Waals surface area contributed by atoms with E-state index in [-0.39, 0.29) is 18.3 Å². The second-order valence-corrected chi connectivity index (χ2v) is 5.60. The molecule has 0 spiro atoms. The zero-order chi connectivity index (χ0) is 15.4. The molecule has 2 rings (SSSR count). The molecule has 2 aromatic rings. The van der Waals surface area contributed by atoms with Gasteiger partial charge in [0.25, 0.3) is 5.91 Å². The van der Waals surface area contributed by atoms with Gasteiger partial charge in [-0.25, -0.2) is 4.39 Å². The molecule has 3 N–H and O–H groups in total. The number of rotatable bonds is 2. The van der Waals surface area contributed by atoms with Crippen LogP contribution >= 0.6 is 11.3 Å². The van der Waals surface area contributed by atoms with Crippen LogP contribution in [0.1, 0.15) is 25.7 Å². The van der Waals surface area contributed by atoms with Crippen molar-refractivity contribution in [1.82, 2.24) is 0 Å². The van der Waals surface area contributed by atoms with Gasteiger partial charge in [0.05, 0.1) is 16.3 Å². The van der Waals surface area contributed by atoms with Crippen LogP contribution in [0, 0.1) is 31.5 Å². The number of hydrogen-bond donors (Lipinski definition) is 2. The predicted molar refractivity (Wildman–Crippen MR) is 84.1 cm³/mol. The van der Waals surface area contributed by atoms with Crippen molar-refractivity contribution >= 4 is 22.9 Å². The lowest BCUT2D eigenvalue weighted by Gasteiger charge is -2.05. The highest BCUT2D eigenvalue weighted by molar-refractivity contribution is 7.14. The number of thiophene rings is 1. The summed E-state index contributed by atoms with van der Waals surface area (Å²) >= 11 is 1.32. The predicted octanol–water partition coefficient (Wildman–Crippen LogP) is 3.07. The van der Waals surface area contributed by atoms with Gasteiger partial charge in [0.1, 0.15) is 5.82 Å². The van der Waals surface area contributed by atoms with E-state index in [1.807, 2.05) is 6.92 Å². The van der Waals surface area contributed by atoms with Crippen LogP contribution in [-0.4, -0.2) is 12.5 Å². The number of anilines is 1. The van der Waals surface area contributed by atoms with Gasteiger partial charge in [-0.3, -0.25) is 4.79 Å². The molecule has 0 bridgehead atoms. The Labute approximate surface area is 127 Å². The number of nitrogens with two attached hydrogens (primary N) is 1. The fourth-order valence-electron chi connectivity index (χ4n) is 1.76. The maximum absolute atomic E-state index is 13.2. The van der Waals surface area contributed by atoms with Crippen molar-refractivity contribution in [3.63, 3.8) is 0 Å². The highest BCUT2D eigenvalue weighted by atomic mass is 32.1. The van der Waals surface area contributed by atoms with Gasteiger partial charge in [0, 0.05) is 5.69 Å². The summed E-state index contributed by atoms with van der Waals surface area (Å²) in [6.45, 7) is 3.84. The molecular formula is C16H15FN2OS. The lowest BCUT2D eigenvalue weighted by molar-refractivity contribution is 0.103. The number of benzene rings is 1. The summed E-state index contributed by atoms with van der Waals surface area (Å²) in [5, 5.41) is 2.75. The summed E-state index contributed by atoms with van der Waals surface area (Å²) in [6, 6.07) is 6.26. The highest BCUT2D eigenvalue weighted by Crippen LogP contribution is 2.22. The molecule has 0 aliphatic heterocycles. The van der Waals surface area contributed by atoms with E-state index in [0.29, 0.717) is 16.1 Å². The summed E-state index contributed by atoms with van der Waals surface area (Å²) in [5.41, 5.74) is 7.35. The molecule has 0 fully saturated rings. The van der Waals surface area contributed by atoms with E-state index in [1.165, 1.54) is 23.5 Å². The molecule has 1 amide bonds. The Hall–Kier alpha value is -2.16. The second kappa shape index (κ2) is 6.53. The van der Waals surface area contributed by atoms with Crippen LogP contribution in [0.4, 0.5) is 10.1 Å². The molecule has 0 atom stereocenters. The molecule has 0 unspecified atom stereocenters. The van der Waals surface area contributed by atoms with Crippen LogP contribution < -0.4 is 11.1 Å². The van der Waals surface area contributed by atoms with E-state index in [4.69, 9.17) is 5.73 Å². The lowest BCUT2D eigenvalue weighted by Crippen LogP contribution is -2.10. The fraction of sp³-hybridized carbons (Fsp3) is 0.188. The van der Waals surface area contributed by atoms with Crippen LogP contribution in [0.5, 0.6) is 0 Å². The number of hydrogen-bond acceptors (Lipinski definition) is 3. The first kappa shape index (κ1) is 15.2. The van der Waals surface area contributed by atoms with Crippen molar-refractivity contribution in [1.29, 1.82) is 0 Å². The molecule has 0 saturated heterocycles. The van der Waals surface area contributed by atoms with Crippen molar-refractivity contribution in [3.05, 3.63) is 51.0 Å². The third kappa shape index (κ3) is 3.69. The first-order valence-corrected chi connectivity index (χ1v) is 7.20. The molecule has 0 aliphatic carbocycles. The first-order chi connectivity index (χ1) is 10.0. The summed E-state index contributed by atoms with van der Waals surface area (Å²) in [7, 11) is 0. The summed E-state index contributed by atoms with van der Waals surface area (Å²) in [5.74, 6) is 5.20. The Morgan fingerprint density at radius 2 is 2.10 bits per heavy atom. The van der Waals surface area contributed by atoms with Crippen molar-refractivity contribution in [2.75, 3.05) is 11.9 Å². The van der Waals surface area contributed by atoms with Crippen molar-refractivity contribution in [2.24, 2.45) is 5.73 Å². The van der Waals surface area contributed by atoms with E-state index in [9.17, 15) is 9.18 Å². The van der Waals surface area contributed by atoms with Gasteiger partial charge < -0.3 is 11.1 Å². The smallest absolute Gasteiger partial charge is 0.265 e. The summed E-state index contributed by atoms with van der Waals surface area (Å²) < 4.78 is 13.2. The molecule has 3 nitrogen and oxygen atoms in total. The highest BCUT2D eigenvalue weighted by Gasteiger charge is 2.12. The van der Waals surface area contributed by atoms with Gasteiger partial charge in [-0.15, -0.1) is 11.3 Å². The quantitative estimate of drug-likeness (QED) is 0.838. The topological polar surface area (TPSA) is 55.1 Å². The zero-order valence-electron chi connectivity index (χ0n) is 11.8. The number of carbonyl (C=O) groups is 1. The van der Waals surface area contributed by atoms with E-state index >= 15 is 0 Å². The summed E-state index contributed by atoms with van der Waals surface area (Å²) in [6.07, 6.45) is 0. The molecule has 0 aliphatic rings. The number of amides is 1. The van der Waals surface area contributed by atoms with Gasteiger partial charge in [-0.05, 0) is 49.2 Å². The normalized spacial score (nSPS) is 9.90. The molecule has 1 aromatic heterocycles. The molecule has 108 valence electrons. The zero-order valence-corrected chi connectivity index (χ0v) is 12.6. The third-order valence-electron chi connectivity index (χ3n) is 2.86. The van der Waals surface area contributed by atoms with Gasteiger partial charge in [0.15, 0.2) is 0 Å². The van der Waals surface area contributed by atoms with E-state index < -0.39 is 0 Å². The molecule has 0 radical (unpaired) electrons. The average Bonchev–Trinajstić information content (AvgIpc) is 2.82. The Kier molecular flexibility index (Phi) is 4.73. The van der Waals surface area contributed by atoms with Crippen LogP contribution in [0.25, 0.3) is 0 Å². The van der Waals surface area contributed by atoms with Crippen molar-refractivity contribution < 1.29 is 9.18 Å². The van der Waals surface area contributed by atoms with Crippen LogP contribution in [0.2, 0.25) is 0 Å². The minimum absolute atomic E-state index is 0.227. The molecule has 1 heterocycles. The van der Waals surface area contributed by atoms with E-state index in [1.54, 1.807) is 19.1 Å².